The van der Waals surface area contributed by atoms with E-state index in [9.17, 15) is 0 Å². The minimum absolute atomic E-state index is 0.535. The zero-order valence-corrected chi connectivity index (χ0v) is 11.1. The SMILES string of the molecule is COc1ccc(C)cc1NC(C)C1CCCC1. The Labute approximate surface area is 104 Å². The predicted octanol–water partition coefficient (Wildman–Crippen LogP) is 3.99. The Morgan fingerprint density at radius 3 is 2.65 bits per heavy atom. The van der Waals surface area contributed by atoms with Gasteiger partial charge in [0.15, 0.2) is 0 Å². The fourth-order valence-electron chi connectivity index (χ4n) is 2.76. The van der Waals surface area contributed by atoms with E-state index >= 15 is 0 Å². The highest BCUT2D eigenvalue weighted by Gasteiger charge is 2.22. The quantitative estimate of drug-likeness (QED) is 0.849. The van der Waals surface area contributed by atoms with Crippen LogP contribution in [0.4, 0.5) is 5.69 Å². The third kappa shape index (κ3) is 2.93. The molecule has 0 aliphatic heterocycles. The lowest BCUT2D eigenvalue weighted by Gasteiger charge is -2.23. The first-order valence-corrected chi connectivity index (χ1v) is 6.62. The third-order valence-corrected chi connectivity index (χ3v) is 3.85. The Morgan fingerprint density at radius 1 is 1.29 bits per heavy atom. The smallest absolute Gasteiger partial charge is 0.141 e. The number of methoxy groups -OCH3 is 1. The second kappa shape index (κ2) is 5.44. The van der Waals surface area contributed by atoms with Crippen molar-refractivity contribution in [3.8, 4) is 5.75 Å². The van der Waals surface area contributed by atoms with Crippen molar-refractivity contribution in [2.45, 2.75) is 45.6 Å². The molecule has 0 amide bonds. The molecule has 17 heavy (non-hydrogen) atoms. The zero-order chi connectivity index (χ0) is 12.3. The lowest BCUT2D eigenvalue weighted by molar-refractivity contribution is 0.413. The number of rotatable bonds is 4. The van der Waals surface area contributed by atoms with Crippen molar-refractivity contribution in [2.75, 3.05) is 12.4 Å². The number of anilines is 1. The van der Waals surface area contributed by atoms with E-state index in [0.717, 1.165) is 17.4 Å². The maximum Gasteiger partial charge on any atom is 0.141 e. The Balaban J connectivity index is 2.08. The van der Waals surface area contributed by atoms with Gasteiger partial charge >= 0.3 is 0 Å². The van der Waals surface area contributed by atoms with Gasteiger partial charge in [0, 0.05) is 6.04 Å². The molecule has 1 fully saturated rings. The van der Waals surface area contributed by atoms with E-state index in [-0.39, 0.29) is 0 Å². The van der Waals surface area contributed by atoms with Crippen molar-refractivity contribution in [1.29, 1.82) is 0 Å². The van der Waals surface area contributed by atoms with Crippen molar-refractivity contribution in [1.82, 2.24) is 0 Å². The highest BCUT2D eigenvalue weighted by Crippen LogP contribution is 2.32. The van der Waals surface area contributed by atoms with Gasteiger partial charge in [-0.15, -0.1) is 0 Å². The van der Waals surface area contributed by atoms with Crippen molar-refractivity contribution >= 4 is 5.69 Å². The van der Waals surface area contributed by atoms with Gasteiger partial charge in [0.05, 0.1) is 12.8 Å². The topological polar surface area (TPSA) is 21.3 Å². The molecule has 1 aromatic carbocycles. The van der Waals surface area contributed by atoms with Gasteiger partial charge in [0.2, 0.25) is 0 Å². The molecule has 0 saturated heterocycles. The molecule has 0 aromatic heterocycles. The van der Waals surface area contributed by atoms with Crippen LogP contribution in [0.1, 0.15) is 38.2 Å². The molecule has 0 radical (unpaired) electrons. The van der Waals surface area contributed by atoms with Crippen LogP contribution in [0.2, 0.25) is 0 Å². The van der Waals surface area contributed by atoms with E-state index in [1.807, 2.05) is 6.07 Å². The fraction of sp³-hybridized carbons (Fsp3) is 0.600. The maximum atomic E-state index is 5.40. The molecule has 94 valence electrons. The normalized spacial score (nSPS) is 18.1. The van der Waals surface area contributed by atoms with E-state index in [0.29, 0.717) is 6.04 Å². The van der Waals surface area contributed by atoms with Crippen molar-refractivity contribution in [3.05, 3.63) is 23.8 Å². The van der Waals surface area contributed by atoms with Gasteiger partial charge in [-0.25, -0.2) is 0 Å². The largest absolute Gasteiger partial charge is 0.495 e. The molecule has 2 rings (SSSR count). The fourth-order valence-corrected chi connectivity index (χ4v) is 2.76. The first-order chi connectivity index (χ1) is 8.20. The highest BCUT2D eigenvalue weighted by atomic mass is 16.5. The lowest BCUT2D eigenvalue weighted by Crippen LogP contribution is -2.24. The average Bonchev–Trinajstić information content (AvgIpc) is 2.83. The summed E-state index contributed by atoms with van der Waals surface area (Å²) in [6.45, 7) is 4.41. The van der Waals surface area contributed by atoms with Crippen LogP contribution >= 0.6 is 0 Å². The molecule has 1 aliphatic carbocycles. The second-order valence-corrected chi connectivity index (χ2v) is 5.18. The molecule has 0 bridgehead atoms. The van der Waals surface area contributed by atoms with Crippen LogP contribution in [0, 0.1) is 12.8 Å². The number of ether oxygens (including phenoxy) is 1. The van der Waals surface area contributed by atoms with E-state index in [1.165, 1.54) is 31.2 Å². The molecule has 0 spiro atoms. The van der Waals surface area contributed by atoms with Crippen LogP contribution in [0.15, 0.2) is 18.2 Å². The van der Waals surface area contributed by atoms with Crippen LogP contribution in [0.5, 0.6) is 5.75 Å². The summed E-state index contributed by atoms with van der Waals surface area (Å²) in [4.78, 5) is 0. The van der Waals surface area contributed by atoms with Gasteiger partial charge in [0.1, 0.15) is 5.75 Å². The Kier molecular flexibility index (Phi) is 3.93. The van der Waals surface area contributed by atoms with Crippen LogP contribution in [0.3, 0.4) is 0 Å². The van der Waals surface area contributed by atoms with E-state index in [1.54, 1.807) is 7.11 Å². The number of hydrogen-bond donors (Lipinski definition) is 1. The number of benzene rings is 1. The molecule has 1 N–H and O–H groups in total. The van der Waals surface area contributed by atoms with Gasteiger partial charge in [-0.1, -0.05) is 18.9 Å². The van der Waals surface area contributed by atoms with Crippen molar-refractivity contribution < 1.29 is 4.74 Å². The lowest BCUT2D eigenvalue weighted by atomic mass is 9.99. The Bertz CT molecular complexity index is 369. The molecule has 1 aromatic rings. The van der Waals surface area contributed by atoms with E-state index in [4.69, 9.17) is 4.74 Å². The van der Waals surface area contributed by atoms with E-state index < -0.39 is 0 Å². The molecule has 2 heteroatoms. The first-order valence-electron chi connectivity index (χ1n) is 6.62. The summed E-state index contributed by atoms with van der Waals surface area (Å²) >= 11 is 0. The van der Waals surface area contributed by atoms with Crippen LogP contribution in [0.25, 0.3) is 0 Å². The highest BCUT2D eigenvalue weighted by molar-refractivity contribution is 5.58. The summed E-state index contributed by atoms with van der Waals surface area (Å²) in [5.41, 5.74) is 2.40. The standard InChI is InChI=1S/C15H23NO/c1-11-8-9-15(17-3)14(10-11)16-12(2)13-6-4-5-7-13/h8-10,12-13,16H,4-7H2,1-3H3. The molecular formula is C15H23NO. The molecule has 1 unspecified atom stereocenters. The second-order valence-electron chi connectivity index (χ2n) is 5.18. The molecular weight excluding hydrogens is 210 g/mol. The Hall–Kier alpha value is -1.18. The van der Waals surface area contributed by atoms with Crippen molar-refractivity contribution in [2.24, 2.45) is 5.92 Å². The van der Waals surface area contributed by atoms with Gasteiger partial charge < -0.3 is 10.1 Å². The first kappa shape index (κ1) is 12.3. The molecule has 0 heterocycles. The van der Waals surface area contributed by atoms with Gasteiger partial charge in [-0.3, -0.25) is 0 Å². The number of hydrogen-bond acceptors (Lipinski definition) is 2. The van der Waals surface area contributed by atoms with E-state index in [2.05, 4.69) is 31.3 Å². The molecule has 1 atom stereocenters. The van der Waals surface area contributed by atoms with Crippen LogP contribution in [-0.2, 0) is 0 Å². The summed E-state index contributed by atoms with van der Waals surface area (Å²) in [7, 11) is 1.73. The van der Waals surface area contributed by atoms with Gasteiger partial charge in [0.25, 0.3) is 0 Å². The maximum absolute atomic E-state index is 5.40. The third-order valence-electron chi connectivity index (χ3n) is 3.85. The summed E-state index contributed by atoms with van der Waals surface area (Å²) in [6.07, 6.45) is 5.51. The Morgan fingerprint density at radius 2 is 2.00 bits per heavy atom. The number of nitrogens with one attached hydrogen (secondary N) is 1. The predicted molar refractivity (Wildman–Crippen MR) is 72.8 cm³/mol. The zero-order valence-electron chi connectivity index (χ0n) is 11.1. The van der Waals surface area contributed by atoms with Gasteiger partial charge in [-0.05, 0) is 50.3 Å². The number of aryl methyl sites for hydroxylation is 1. The summed E-state index contributed by atoms with van der Waals surface area (Å²) in [5.74, 6) is 1.76. The van der Waals surface area contributed by atoms with Crippen molar-refractivity contribution in [3.63, 3.8) is 0 Å². The molecule has 1 aliphatic rings. The molecule has 2 nitrogen and oxygen atoms in total. The summed E-state index contributed by atoms with van der Waals surface area (Å²) < 4.78 is 5.40. The minimum Gasteiger partial charge on any atom is -0.495 e. The molecule has 1 saturated carbocycles. The summed E-state index contributed by atoms with van der Waals surface area (Å²) in [5, 5.41) is 3.62. The summed E-state index contributed by atoms with van der Waals surface area (Å²) in [6, 6.07) is 6.83. The minimum atomic E-state index is 0.535. The average molecular weight is 233 g/mol. The van der Waals surface area contributed by atoms with Crippen LogP contribution in [-0.4, -0.2) is 13.2 Å². The van der Waals surface area contributed by atoms with Gasteiger partial charge in [-0.2, -0.15) is 0 Å². The monoisotopic (exact) mass is 233 g/mol. The van der Waals surface area contributed by atoms with Crippen LogP contribution < -0.4 is 10.1 Å².